The van der Waals surface area contributed by atoms with Crippen molar-refractivity contribution in [2.24, 2.45) is 10.2 Å². The van der Waals surface area contributed by atoms with Gasteiger partial charge in [0.2, 0.25) is 0 Å². The molecule has 0 aromatic heterocycles. The van der Waals surface area contributed by atoms with Crippen LogP contribution in [0.3, 0.4) is 0 Å². The van der Waals surface area contributed by atoms with E-state index in [9.17, 15) is 0 Å². The molecule has 1 aliphatic heterocycles. The summed E-state index contributed by atoms with van der Waals surface area (Å²) in [5, 5.41) is 11.3. The molecule has 0 amide bonds. The summed E-state index contributed by atoms with van der Waals surface area (Å²) in [5.41, 5.74) is 1.09. The molecule has 68 valence electrons. The standard InChI is InChI=1S/C9H17N3/c1-2-3-4-6-11-12-9-5-7-10-8-9/h8,10H,2-7H2,1H3. The van der Waals surface area contributed by atoms with Crippen LogP contribution in [0, 0.1) is 0 Å². The van der Waals surface area contributed by atoms with Crippen LogP contribution in [0.15, 0.2) is 22.1 Å². The van der Waals surface area contributed by atoms with Gasteiger partial charge in [-0.1, -0.05) is 19.8 Å². The first-order valence-electron chi connectivity index (χ1n) is 4.73. The highest BCUT2D eigenvalue weighted by molar-refractivity contribution is 5.03. The lowest BCUT2D eigenvalue weighted by Gasteiger charge is -1.91. The Morgan fingerprint density at radius 1 is 1.50 bits per heavy atom. The Balaban J connectivity index is 2.05. The number of unbranched alkanes of at least 4 members (excludes halogenated alkanes) is 2. The fourth-order valence-electron chi connectivity index (χ4n) is 1.11. The summed E-state index contributed by atoms with van der Waals surface area (Å²) in [5.74, 6) is 0. The SMILES string of the molecule is CCCCCN=NC1=CNCC1. The van der Waals surface area contributed by atoms with Gasteiger partial charge < -0.3 is 5.32 Å². The van der Waals surface area contributed by atoms with Crippen molar-refractivity contribution < 1.29 is 0 Å². The third kappa shape index (κ3) is 3.51. The van der Waals surface area contributed by atoms with Crippen LogP contribution in [-0.4, -0.2) is 13.1 Å². The summed E-state index contributed by atoms with van der Waals surface area (Å²) in [4.78, 5) is 0. The van der Waals surface area contributed by atoms with Crippen molar-refractivity contribution in [3.8, 4) is 0 Å². The molecule has 1 aliphatic rings. The maximum absolute atomic E-state index is 4.12. The zero-order chi connectivity index (χ0) is 8.65. The smallest absolute Gasteiger partial charge is 0.0799 e. The van der Waals surface area contributed by atoms with Crippen LogP contribution in [0.4, 0.5) is 0 Å². The van der Waals surface area contributed by atoms with E-state index >= 15 is 0 Å². The van der Waals surface area contributed by atoms with Gasteiger partial charge in [0, 0.05) is 19.2 Å². The second-order valence-electron chi connectivity index (χ2n) is 3.01. The normalized spacial score (nSPS) is 16.6. The molecule has 1 N–H and O–H groups in total. The summed E-state index contributed by atoms with van der Waals surface area (Å²) in [6.45, 7) is 4.09. The van der Waals surface area contributed by atoms with Gasteiger partial charge in [0.25, 0.3) is 0 Å². The van der Waals surface area contributed by atoms with Crippen LogP contribution >= 0.6 is 0 Å². The molecule has 1 rings (SSSR count). The minimum Gasteiger partial charge on any atom is -0.389 e. The highest BCUT2D eigenvalue weighted by Gasteiger charge is 2.00. The van der Waals surface area contributed by atoms with E-state index < -0.39 is 0 Å². The van der Waals surface area contributed by atoms with Crippen LogP contribution in [0.2, 0.25) is 0 Å². The lowest BCUT2D eigenvalue weighted by Crippen LogP contribution is -1.96. The number of hydrogen-bond acceptors (Lipinski definition) is 3. The van der Waals surface area contributed by atoms with Crippen molar-refractivity contribution in [1.29, 1.82) is 0 Å². The molecule has 0 saturated carbocycles. The first-order chi connectivity index (χ1) is 5.93. The zero-order valence-electron chi connectivity index (χ0n) is 7.71. The van der Waals surface area contributed by atoms with E-state index in [0.29, 0.717) is 0 Å². The Hall–Kier alpha value is -0.860. The van der Waals surface area contributed by atoms with Crippen LogP contribution in [0.25, 0.3) is 0 Å². The molecule has 3 nitrogen and oxygen atoms in total. The number of hydrogen-bond donors (Lipinski definition) is 1. The number of azo groups is 1. The van der Waals surface area contributed by atoms with Gasteiger partial charge in [-0.2, -0.15) is 10.2 Å². The Bertz CT molecular complexity index is 173. The predicted molar refractivity (Wildman–Crippen MR) is 50.0 cm³/mol. The molecular formula is C9H17N3. The zero-order valence-corrected chi connectivity index (χ0v) is 7.71. The molecule has 0 unspecified atom stereocenters. The summed E-state index contributed by atoms with van der Waals surface area (Å²) in [6.07, 6.45) is 6.65. The lowest BCUT2D eigenvalue weighted by atomic mass is 10.3. The lowest BCUT2D eigenvalue weighted by molar-refractivity contribution is 0.708. The Morgan fingerprint density at radius 3 is 3.08 bits per heavy atom. The maximum Gasteiger partial charge on any atom is 0.0799 e. The average Bonchev–Trinajstić information content (AvgIpc) is 2.57. The minimum absolute atomic E-state index is 0.880. The second kappa shape index (κ2) is 5.75. The van der Waals surface area contributed by atoms with Gasteiger partial charge in [0.15, 0.2) is 0 Å². The van der Waals surface area contributed by atoms with Gasteiger partial charge >= 0.3 is 0 Å². The molecule has 0 aromatic carbocycles. The topological polar surface area (TPSA) is 36.8 Å². The first-order valence-corrected chi connectivity index (χ1v) is 4.73. The van der Waals surface area contributed by atoms with E-state index in [2.05, 4.69) is 22.5 Å². The quantitative estimate of drug-likeness (QED) is 0.495. The third-order valence-electron chi connectivity index (χ3n) is 1.85. The predicted octanol–water partition coefficient (Wildman–Crippen LogP) is 2.46. The highest BCUT2D eigenvalue weighted by Crippen LogP contribution is 2.07. The largest absolute Gasteiger partial charge is 0.389 e. The van der Waals surface area contributed by atoms with Crippen molar-refractivity contribution in [1.82, 2.24) is 5.32 Å². The van der Waals surface area contributed by atoms with Gasteiger partial charge in [0.1, 0.15) is 0 Å². The van der Waals surface area contributed by atoms with Gasteiger partial charge in [-0.15, -0.1) is 0 Å². The van der Waals surface area contributed by atoms with Crippen molar-refractivity contribution >= 4 is 0 Å². The van der Waals surface area contributed by atoms with E-state index in [1.807, 2.05) is 6.20 Å². The number of nitrogens with zero attached hydrogens (tertiary/aromatic N) is 2. The Labute approximate surface area is 74.0 Å². The summed E-state index contributed by atoms with van der Waals surface area (Å²) < 4.78 is 0. The fraction of sp³-hybridized carbons (Fsp3) is 0.778. The van der Waals surface area contributed by atoms with E-state index in [4.69, 9.17) is 0 Å². The highest BCUT2D eigenvalue weighted by atomic mass is 15.1. The molecule has 0 saturated heterocycles. The molecule has 1 heterocycles. The van der Waals surface area contributed by atoms with Gasteiger partial charge in [-0.3, -0.25) is 0 Å². The summed E-state index contributed by atoms with van der Waals surface area (Å²) in [7, 11) is 0. The Morgan fingerprint density at radius 2 is 2.42 bits per heavy atom. The number of nitrogens with one attached hydrogen (secondary N) is 1. The second-order valence-corrected chi connectivity index (χ2v) is 3.01. The average molecular weight is 167 g/mol. The molecule has 0 aromatic rings. The van der Waals surface area contributed by atoms with Crippen LogP contribution < -0.4 is 5.32 Å². The molecule has 12 heavy (non-hydrogen) atoms. The van der Waals surface area contributed by atoms with E-state index in [1.165, 1.54) is 19.3 Å². The van der Waals surface area contributed by atoms with Crippen molar-refractivity contribution in [3.63, 3.8) is 0 Å². The van der Waals surface area contributed by atoms with Crippen LogP contribution in [-0.2, 0) is 0 Å². The van der Waals surface area contributed by atoms with E-state index in [0.717, 1.165) is 25.2 Å². The van der Waals surface area contributed by atoms with Gasteiger partial charge in [-0.25, -0.2) is 0 Å². The maximum atomic E-state index is 4.12. The van der Waals surface area contributed by atoms with Gasteiger partial charge in [-0.05, 0) is 6.42 Å². The molecule has 0 bridgehead atoms. The summed E-state index contributed by atoms with van der Waals surface area (Å²) >= 11 is 0. The number of rotatable bonds is 5. The summed E-state index contributed by atoms with van der Waals surface area (Å²) in [6, 6.07) is 0. The molecule has 0 fully saturated rings. The molecule has 0 atom stereocenters. The van der Waals surface area contributed by atoms with Crippen molar-refractivity contribution in [2.75, 3.05) is 13.1 Å². The molecule has 0 aliphatic carbocycles. The molecule has 0 radical (unpaired) electrons. The van der Waals surface area contributed by atoms with E-state index in [-0.39, 0.29) is 0 Å². The van der Waals surface area contributed by atoms with Gasteiger partial charge in [0.05, 0.1) is 12.2 Å². The minimum atomic E-state index is 0.880. The molecule has 0 spiro atoms. The van der Waals surface area contributed by atoms with Crippen molar-refractivity contribution in [3.05, 3.63) is 11.9 Å². The fourth-order valence-corrected chi connectivity index (χ4v) is 1.11. The van der Waals surface area contributed by atoms with Crippen molar-refractivity contribution in [2.45, 2.75) is 32.6 Å². The van der Waals surface area contributed by atoms with Crippen LogP contribution in [0.1, 0.15) is 32.6 Å². The monoisotopic (exact) mass is 167 g/mol. The third-order valence-corrected chi connectivity index (χ3v) is 1.85. The first kappa shape index (κ1) is 9.23. The molecule has 3 heteroatoms. The Kier molecular flexibility index (Phi) is 4.42. The molecular weight excluding hydrogens is 150 g/mol. The van der Waals surface area contributed by atoms with Crippen LogP contribution in [0.5, 0.6) is 0 Å². The van der Waals surface area contributed by atoms with E-state index in [1.54, 1.807) is 0 Å².